The molecule has 27 heavy (non-hydrogen) atoms. The van der Waals surface area contributed by atoms with Crippen molar-refractivity contribution in [3.63, 3.8) is 0 Å². The first kappa shape index (κ1) is 19.2. The van der Waals surface area contributed by atoms with Gasteiger partial charge in [0.15, 0.2) is 0 Å². The molecule has 146 valence electrons. The summed E-state index contributed by atoms with van der Waals surface area (Å²) in [6, 6.07) is 5.91. The van der Waals surface area contributed by atoms with Gasteiger partial charge in [-0.3, -0.25) is 9.59 Å². The van der Waals surface area contributed by atoms with Crippen LogP contribution in [-0.4, -0.2) is 62.2 Å². The van der Waals surface area contributed by atoms with Crippen molar-refractivity contribution in [1.29, 1.82) is 0 Å². The Labute approximate surface area is 159 Å². The van der Waals surface area contributed by atoms with Crippen molar-refractivity contribution in [3.8, 4) is 5.75 Å². The van der Waals surface area contributed by atoms with E-state index in [0.29, 0.717) is 19.6 Å². The average molecular weight is 373 g/mol. The SMILES string of the molecule is COCC(=O)N1CCC[C@@H](C(=O)NCCc2c[nH]c3ccc(OC)cc23)C1. The van der Waals surface area contributed by atoms with Crippen LogP contribution in [0.5, 0.6) is 5.75 Å². The van der Waals surface area contributed by atoms with Crippen molar-refractivity contribution in [1.82, 2.24) is 15.2 Å². The van der Waals surface area contributed by atoms with E-state index in [2.05, 4.69) is 10.3 Å². The second-order valence-electron chi connectivity index (χ2n) is 6.88. The van der Waals surface area contributed by atoms with E-state index in [-0.39, 0.29) is 24.3 Å². The third-order valence-electron chi connectivity index (χ3n) is 5.08. The number of H-pyrrole nitrogens is 1. The van der Waals surface area contributed by atoms with E-state index in [0.717, 1.165) is 41.5 Å². The van der Waals surface area contributed by atoms with E-state index in [1.54, 1.807) is 12.0 Å². The summed E-state index contributed by atoms with van der Waals surface area (Å²) in [5.74, 6) is 0.628. The number of carbonyl (C=O) groups is 2. The Balaban J connectivity index is 1.53. The first-order chi connectivity index (χ1) is 13.1. The second kappa shape index (κ2) is 8.90. The minimum Gasteiger partial charge on any atom is -0.497 e. The molecule has 1 aromatic carbocycles. The first-order valence-corrected chi connectivity index (χ1v) is 9.30. The Morgan fingerprint density at radius 1 is 1.33 bits per heavy atom. The van der Waals surface area contributed by atoms with Crippen LogP contribution in [0.25, 0.3) is 10.9 Å². The molecule has 1 atom stereocenters. The second-order valence-corrected chi connectivity index (χ2v) is 6.88. The molecule has 0 aliphatic carbocycles. The number of fused-ring (bicyclic) bond motifs is 1. The number of nitrogens with one attached hydrogen (secondary N) is 2. The molecule has 1 aliphatic heterocycles. The smallest absolute Gasteiger partial charge is 0.248 e. The number of methoxy groups -OCH3 is 2. The van der Waals surface area contributed by atoms with Crippen molar-refractivity contribution in [2.45, 2.75) is 19.3 Å². The standard InChI is InChI=1S/C20H27N3O4/c1-26-13-19(24)23-9-3-4-15(12-23)20(25)21-8-7-14-11-22-18-6-5-16(27-2)10-17(14)18/h5-6,10-11,15,22H,3-4,7-9,12-13H2,1-2H3,(H,21,25)/t15-/m1/s1. The molecule has 2 N–H and O–H groups in total. The van der Waals surface area contributed by atoms with Crippen molar-refractivity contribution in [2.75, 3.05) is 40.5 Å². The van der Waals surface area contributed by atoms with E-state index in [1.165, 1.54) is 7.11 Å². The van der Waals surface area contributed by atoms with E-state index in [1.807, 2.05) is 24.4 Å². The highest BCUT2D eigenvalue weighted by Crippen LogP contribution is 2.24. The summed E-state index contributed by atoms with van der Waals surface area (Å²) in [4.78, 5) is 29.4. The average Bonchev–Trinajstić information content (AvgIpc) is 3.10. The summed E-state index contributed by atoms with van der Waals surface area (Å²) >= 11 is 0. The molecule has 0 saturated carbocycles. The summed E-state index contributed by atoms with van der Waals surface area (Å²) in [6.07, 6.45) is 4.36. The number of amides is 2. The molecule has 1 saturated heterocycles. The lowest BCUT2D eigenvalue weighted by Crippen LogP contribution is -2.46. The van der Waals surface area contributed by atoms with Gasteiger partial charge in [-0.15, -0.1) is 0 Å². The number of carbonyl (C=O) groups excluding carboxylic acids is 2. The van der Waals surface area contributed by atoms with Crippen molar-refractivity contribution < 1.29 is 19.1 Å². The number of rotatable bonds is 7. The van der Waals surface area contributed by atoms with Gasteiger partial charge >= 0.3 is 0 Å². The summed E-state index contributed by atoms with van der Waals surface area (Å²) < 4.78 is 10.2. The zero-order chi connectivity index (χ0) is 19.2. The Bertz CT molecular complexity index is 802. The highest BCUT2D eigenvalue weighted by atomic mass is 16.5. The number of aromatic amines is 1. The quantitative estimate of drug-likeness (QED) is 0.774. The lowest BCUT2D eigenvalue weighted by atomic mass is 9.97. The summed E-state index contributed by atoms with van der Waals surface area (Å²) in [6.45, 7) is 1.80. The van der Waals surface area contributed by atoms with Gasteiger partial charge in [-0.05, 0) is 43.0 Å². The number of benzene rings is 1. The minimum atomic E-state index is -0.150. The molecule has 1 aromatic heterocycles. The van der Waals surface area contributed by atoms with Crippen LogP contribution in [0.15, 0.2) is 24.4 Å². The van der Waals surface area contributed by atoms with Crippen molar-refractivity contribution in [3.05, 3.63) is 30.0 Å². The number of ether oxygens (including phenoxy) is 2. The molecule has 0 bridgehead atoms. The lowest BCUT2D eigenvalue weighted by molar-refractivity contribution is -0.138. The van der Waals surface area contributed by atoms with Crippen LogP contribution in [0, 0.1) is 5.92 Å². The summed E-state index contributed by atoms with van der Waals surface area (Å²) in [5.41, 5.74) is 2.20. The Morgan fingerprint density at radius 2 is 2.19 bits per heavy atom. The molecule has 1 aliphatic rings. The van der Waals surface area contributed by atoms with Crippen LogP contribution in [0.4, 0.5) is 0 Å². The van der Waals surface area contributed by atoms with Gasteiger partial charge < -0.3 is 24.7 Å². The Hall–Kier alpha value is -2.54. The number of nitrogens with zero attached hydrogens (tertiary/aromatic N) is 1. The fourth-order valence-electron chi connectivity index (χ4n) is 3.59. The number of aromatic nitrogens is 1. The fraction of sp³-hybridized carbons (Fsp3) is 0.500. The third kappa shape index (κ3) is 4.60. The molecule has 0 spiro atoms. The van der Waals surface area contributed by atoms with E-state index >= 15 is 0 Å². The van der Waals surface area contributed by atoms with Gasteiger partial charge in [0.2, 0.25) is 11.8 Å². The minimum absolute atomic E-state index is 0.0161. The number of hydrogen-bond donors (Lipinski definition) is 2. The van der Waals surface area contributed by atoms with E-state index < -0.39 is 0 Å². The van der Waals surface area contributed by atoms with Crippen LogP contribution in [0.1, 0.15) is 18.4 Å². The zero-order valence-electron chi connectivity index (χ0n) is 15.9. The van der Waals surface area contributed by atoms with Gasteiger partial charge in [0.05, 0.1) is 13.0 Å². The molecule has 0 unspecified atom stereocenters. The van der Waals surface area contributed by atoms with Crippen LogP contribution in [-0.2, 0) is 20.7 Å². The normalized spacial score (nSPS) is 17.1. The van der Waals surface area contributed by atoms with Crippen LogP contribution < -0.4 is 10.1 Å². The maximum absolute atomic E-state index is 12.5. The highest BCUT2D eigenvalue weighted by molar-refractivity contribution is 5.85. The van der Waals surface area contributed by atoms with Crippen LogP contribution in [0.3, 0.4) is 0 Å². The molecular weight excluding hydrogens is 346 g/mol. The van der Waals surface area contributed by atoms with Gasteiger partial charge in [0.1, 0.15) is 12.4 Å². The van der Waals surface area contributed by atoms with Crippen LogP contribution in [0.2, 0.25) is 0 Å². The number of likely N-dealkylation sites (tertiary alicyclic amines) is 1. The predicted molar refractivity (Wildman–Crippen MR) is 103 cm³/mol. The number of hydrogen-bond acceptors (Lipinski definition) is 4. The molecule has 1 fully saturated rings. The molecule has 2 amide bonds. The third-order valence-corrected chi connectivity index (χ3v) is 5.08. The van der Waals surface area contributed by atoms with Gasteiger partial charge in [0.25, 0.3) is 0 Å². The van der Waals surface area contributed by atoms with E-state index in [9.17, 15) is 9.59 Å². The van der Waals surface area contributed by atoms with Crippen molar-refractivity contribution >= 4 is 22.7 Å². The Kier molecular flexibility index (Phi) is 6.34. The molecule has 0 radical (unpaired) electrons. The molecule has 3 rings (SSSR count). The largest absolute Gasteiger partial charge is 0.497 e. The fourth-order valence-corrected chi connectivity index (χ4v) is 3.59. The summed E-state index contributed by atoms with van der Waals surface area (Å²) in [7, 11) is 3.16. The topological polar surface area (TPSA) is 83.7 Å². The zero-order valence-corrected chi connectivity index (χ0v) is 15.9. The van der Waals surface area contributed by atoms with Gasteiger partial charge in [-0.1, -0.05) is 0 Å². The van der Waals surface area contributed by atoms with Crippen LogP contribution >= 0.6 is 0 Å². The van der Waals surface area contributed by atoms with Gasteiger partial charge in [-0.2, -0.15) is 0 Å². The molecule has 7 nitrogen and oxygen atoms in total. The van der Waals surface area contributed by atoms with E-state index in [4.69, 9.17) is 9.47 Å². The molecule has 7 heteroatoms. The van der Waals surface area contributed by atoms with Gasteiger partial charge in [0, 0.05) is 43.8 Å². The maximum atomic E-state index is 12.5. The van der Waals surface area contributed by atoms with Crippen molar-refractivity contribution in [2.24, 2.45) is 5.92 Å². The number of piperidine rings is 1. The monoisotopic (exact) mass is 373 g/mol. The Morgan fingerprint density at radius 3 is 2.96 bits per heavy atom. The maximum Gasteiger partial charge on any atom is 0.248 e. The molecular formula is C20H27N3O4. The van der Waals surface area contributed by atoms with Gasteiger partial charge in [-0.25, -0.2) is 0 Å². The highest BCUT2D eigenvalue weighted by Gasteiger charge is 2.28. The summed E-state index contributed by atoms with van der Waals surface area (Å²) in [5, 5.41) is 4.13. The first-order valence-electron chi connectivity index (χ1n) is 9.30. The lowest BCUT2D eigenvalue weighted by Gasteiger charge is -2.31. The molecule has 2 aromatic rings. The predicted octanol–water partition coefficient (Wildman–Crippen LogP) is 1.72. The molecule has 2 heterocycles.